The number of rotatable bonds is 2. The van der Waals surface area contributed by atoms with E-state index in [0.29, 0.717) is 17.1 Å². The summed E-state index contributed by atoms with van der Waals surface area (Å²) in [7, 11) is -1.55. The number of aromatic hydroxyl groups is 1. The van der Waals surface area contributed by atoms with Crippen LogP contribution in [0.25, 0.3) is 17.4 Å². The third kappa shape index (κ3) is 2.59. The van der Waals surface area contributed by atoms with E-state index in [2.05, 4.69) is 5.32 Å². The van der Waals surface area contributed by atoms with Gasteiger partial charge in [0.05, 0.1) is 17.1 Å². The topological polar surface area (TPSA) is 79.5 Å². The Morgan fingerprint density at radius 1 is 1.33 bits per heavy atom. The van der Waals surface area contributed by atoms with Crippen LogP contribution in [0.3, 0.4) is 0 Å². The molecule has 1 saturated heterocycles. The summed E-state index contributed by atoms with van der Waals surface area (Å²) in [4.78, 5) is 11.5. The van der Waals surface area contributed by atoms with Gasteiger partial charge in [0.15, 0.2) is 0 Å². The molecule has 0 spiro atoms. The minimum atomic E-state index is -1.55. The van der Waals surface area contributed by atoms with Gasteiger partial charge in [-0.1, -0.05) is 0 Å². The quantitative estimate of drug-likeness (QED) is 0.829. The van der Waals surface area contributed by atoms with E-state index in [-0.39, 0.29) is 17.3 Å². The van der Waals surface area contributed by atoms with E-state index in [1.807, 2.05) is 0 Å². The first-order valence-corrected chi connectivity index (χ1v) is 7.33. The van der Waals surface area contributed by atoms with Crippen molar-refractivity contribution in [3.8, 4) is 17.1 Å². The van der Waals surface area contributed by atoms with Crippen LogP contribution >= 0.6 is 0 Å². The predicted molar refractivity (Wildman–Crippen MR) is 74.9 cm³/mol. The lowest BCUT2D eigenvalue weighted by molar-refractivity contribution is -0.108. The van der Waals surface area contributed by atoms with Crippen molar-refractivity contribution >= 4 is 22.0 Å². The molecule has 1 aromatic carbocycles. The molecule has 0 saturated carbocycles. The highest BCUT2D eigenvalue weighted by atomic mass is 32.2. The molecule has 1 aliphatic rings. The second-order valence-corrected chi connectivity index (χ2v) is 5.73. The maximum absolute atomic E-state index is 12.9. The first-order chi connectivity index (χ1) is 10.0. The summed E-state index contributed by atoms with van der Waals surface area (Å²) in [6.45, 7) is 0. The molecular weight excluding hydrogens is 297 g/mol. The predicted octanol–water partition coefficient (Wildman–Crippen LogP) is 1.97. The van der Waals surface area contributed by atoms with E-state index in [4.69, 9.17) is 4.42 Å². The number of furan rings is 1. The molecule has 1 aromatic heterocycles. The molecule has 108 valence electrons. The van der Waals surface area contributed by atoms with Gasteiger partial charge in [0.1, 0.15) is 33.9 Å². The van der Waals surface area contributed by atoms with E-state index < -0.39 is 21.7 Å². The molecule has 1 fully saturated rings. The van der Waals surface area contributed by atoms with Crippen molar-refractivity contribution in [2.45, 2.75) is 0 Å². The van der Waals surface area contributed by atoms with Crippen molar-refractivity contribution in [1.29, 1.82) is 0 Å². The van der Waals surface area contributed by atoms with Gasteiger partial charge in [0.25, 0.3) is 5.12 Å². The van der Waals surface area contributed by atoms with Gasteiger partial charge in [-0.3, -0.25) is 4.79 Å². The summed E-state index contributed by atoms with van der Waals surface area (Å²) in [5.74, 6) is 0.0132. The number of phenols is 1. The van der Waals surface area contributed by atoms with E-state index in [1.54, 1.807) is 12.1 Å². The van der Waals surface area contributed by atoms with Gasteiger partial charge in [-0.15, -0.1) is 0 Å². The zero-order valence-corrected chi connectivity index (χ0v) is 11.4. The molecule has 2 aromatic rings. The molecule has 1 unspecified atom stereocenters. The van der Waals surface area contributed by atoms with E-state index in [0.717, 1.165) is 6.07 Å². The van der Waals surface area contributed by atoms with Gasteiger partial charge >= 0.3 is 0 Å². The van der Waals surface area contributed by atoms with Gasteiger partial charge in [0.2, 0.25) is 0 Å². The van der Waals surface area contributed by atoms with Crippen LogP contribution in [0.2, 0.25) is 0 Å². The van der Waals surface area contributed by atoms with E-state index in [9.17, 15) is 18.5 Å². The standard InChI is InChI=1S/C14H10FNO4S/c15-8-1-3-10(12(17)5-8)13-4-2-9(20-13)6-11-14(18)21(19)7-16-11/h1-6,16-17H,7H2. The molecule has 0 bridgehead atoms. The second-order valence-electron chi connectivity index (χ2n) is 4.38. The molecule has 0 radical (unpaired) electrons. The van der Waals surface area contributed by atoms with Gasteiger partial charge in [-0.05, 0) is 24.3 Å². The van der Waals surface area contributed by atoms with Crippen molar-refractivity contribution in [1.82, 2.24) is 5.32 Å². The highest BCUT2D eigenvalue weighted by Crippen LogP contribution is 2.31. The Bertz CT molecular complexity index is 781. The van der Waals surface area contributed by atoms with Crippen molar-refractivity contribution < 1.29 is 22.9 Å². The number of phenolic OH excluding ortho intramolecular Hbond substituents is 1. The normalized spacial score (nSPS) is 20.0. The molecule has 1 atom stereocenters. The fourth-order valence-electron chi connectivity index (χ4n) is 1.94. The SMILES string of the molecule is O=C1C(=Cc2ccc(-c3ccc(F)cc3O)o2)NCS1=O. The molecule has 2 N–H and O–H groups in total. The monoisotopic (exact) mass is 307 g/mol. The lowest BCUT2D eigenvalue weighted by Crippen LogP contribution is -2.05. The Morgan fingerprint density at radius 2 is 2.14 bits per heavy atom. The highest BCUT2D eigenvalue weighted by Gasteiger charge is 2.25. The summed E-state index contributed by atoms with van der Waals surface area (Å²) in [6.07, 6.45) is 1.44. The number of halogens is 1. The van der Waals surface area contributed by atoms with Crippen molar-refractivity contribution in [3.05, 3.63) is 47.6 Å². The summed E-state index contributed by atoms with van der Waals surface area (Å²) in [6, 6.07) is 6.79. The van der Waals surface area contributed by atoms with Crippen LogP contribution in [-0.4, -0.2) is 20.3 Å². The second kappa shape index (κ2) is 5.17. The van der Waals surface area contributed by atoms with Crippen LogP contribution in [0.1, 0.15) is 5.76 Å². The smallest absolute Gasteiger partial charge is 0.266 e. The average molecular weight is 307 g/mol. The zero-order chi connectivity index (χ0) is 15.0. The largest absolute Gasteiger partial charge is 0.507 e. The number of hydrogen-bond acceptors (Lipinski definition) is 5. The first kappa shape index (κ1) is 13.6. The van der Waals surface area contributed by atoms with Crippen LogP contribution in [0.4, 0.5) is 4.39 Å². The summed E-state index contributed by atoms with van der Waals surface area (Å²) < 4.78 is 29.7. The highest BCUT2D eigenvalue weighted by molar-refractivity contribution is 8.01. The van der Waals surface area contributed by atoms with Gasteiger partial charge in [-0.25, -0.2) is 8.60 Å². The minimum Gasteiger partial charge on any atom is -0.507 e. The van der Waals surface area contributed by atoms with Gasteiger partial charge in [-0.2, -0.15) is 0 Å². The molecule has 0 amide bonds. The fraction of sp³-hybridized carbons (Fsp3) is 0.0714. The van der Waals surface area contributed by atoms with Crippen molar-refractivity contribution in [2.24, 2.45) is 0 Å². The Morgan fingerprint density at radius 3 is 2.81 bits per heavy atom. The van der Waals surface area contributed by atoms with E-state index in [1.165, 1.54) is 18.2 Å². The Hall–Kier alpha value is -2.41. The van der Waals surface area contributed by atoms with Crippen molar-refractivity contribution in [3.63, 3.8) is 0 Å². The number of benzene rings is 1. The third-order valence-corrected chi connectivity index (χ3v) is 4.00. The molecule has 5 nitrogen and oxygen atoms in total. The molecule has 1 aliphatic heterocycles. The first-order valence-electron chi connectivity index (χ1n) is 6.01. The number of carbonyl (C=O) groups is 1. The van der Waals surface area contributed by atoms with Crippen LogP contribution in [0.15, 0.2) is 40.4 Å². The molecule has 3 rings (SSSR count). The Kier molecular flexibility index (Phi) is 3.34. The number of nitrogens with one attached hydrogen (secondary N) is 1. The average Bonchev–Trinajstić information content (AvgIpc) is 3.01. The molecule has 7 heteroatoms. The maximum atomic E-state index is 12.9. The van der Waals surface area contributed by atoms with E-state index >= 15 is 0 Å². The maximum Gasteiger partial charge on any atom is 0.266 e. The minimum absolute atomic E-state index is 0.0942. The molecule has 0 aliphatic carbocycles. The van der Waals surface area contributed by atoms with Gasteiger partial charge < -0.3 is 14.8 Å². The lowest BCUT2D eigenvalue weighted by Gasteiger charge is -2.00. The summed E-state index contributed by atoms with van der Waals surface area (Å²) >= 11 is 0. The third-order valence-electron chi connectivity index (χ3n) is 2.96. The van der Waals surface area contributed by atoms with Crippen LogP contribution < -0.4 is 5.32 Å². The Labute approximate surface area is 121 Å². The summed E-state index contributed by atoms with van der Waals surface area (Å²) in [5.41, 5.74) is 0.563. The number of carbonyl (C=O) groups excluding carboxylic acids is 1. The van der Waals surface area contributed by atoms with Gasteiger partial charge in [0, 0.05) is 12.1 Å². The molecular formula is C14H10FNO4S. The van der Waals surface area contributed by atoms with Crippen LogP contribution in [0, 0.1) is 5.82 Å². The Balaban J connectivity index is 1.92. The lowest BCUT2D eigenvalue weighted by atomic mass is 10.1. The number of hydrogen-bond donors (Lipinski definition) is 2. The fourth-order valence-corrected chi connectivity index (χ4v) is 2.74. The van der Waals surface area contributed by atoms with Crippen LogP contribution in [0.5, 0.6) is 5.75 Å². The molecule has 21 heavy (non-hydrogen) atoms. The zero-order valence-electron chi connectivity index (χ0n) is 10.6. The van der Waals surface area contributed by atoms with Crippen LogP contribution in [-0.2, 0) is 15.6 Å². The summed E-state index contributed by atoms with van der Waals surface area (Å²) in [5, 5.41) is 11.9. The van der Waals surface area contributed by atoms with Crippen molar-refractivity contribution in [2.75, 3.05) is 5.88 Å². The molecule has 2 heterocycles.